The van der Waals surface area contributed by atoms with Gasteiger partial charge in [0, 0.05) is 42.9 Å². The van der Waals surface area contributed by atoms with E-state index in [0.717, 1.165) is 40.9 Å². The molecule has 3 aliphatic rings. The van der Waals surface area contributed by atoms with Crippen molar-refractivity contribution in [2.75, 3.05) is 18.4 Å². The molecule has 7 heteroatoms. The van der Waals surface area contributed by atoms with Gasteiger partial charge < -0.3 is 15.0 Å². The number of ether oxygens (including phenoxy) is 1. The Morgan fingerprint density at radius 1 is 1.00 bits per heavy atom. The molecule has 3 aromatic rings. The SMILES string of the molecule is CC(=O)Nc1ccc(-c2ccc(C3(C(=O)N4CCC5(C4)OC(=O)c4ccccc45)CC3)cn2)cc1. The van der Waals surface area contributed by atoms with E-state index >= 15 is 0 Å². The van der Waals surface area contributed by atoms with Crippen molar-refractivity contribution in [3.05, 3.63) is 83.6 Å². The molecule has 1 saturated carbocycles. The number of hydrogen-bond donors (Lipinski definition) is 1. The van der Waals surface area contributed by atoms with Crippen molar-refractivity contribution in [1.29, 1.82) is 0 Å². The van der Waals surface area contributed by atoms with E-state index in [1.54, 1.807) is 12.3 Å². The standard InChI is InChI=1S/C28H25N3O4/c1-18(32)30-21-9-6-19(7-10-21)24-11-8-20(16-29-24)27(12-13-27)26(34)31-15-14-28(17-31)23-5-3-2-4-22(23)25(33)35-28/h2-11,16H,12-15,17H2,1H3,(H,30,32). The van der Waals surface area contributed by atoms with Gasteiger partial charge >= 0.3 is 5.97 Å². The third kappa shape index (κ3) is 3.50. The number of likely N-dealkylation sites (tertiary alicyclic amines) is 1. The van der Waals surface area contributed by atoms with Gasteiger partial charge in [-0.05, 0) is 42.7 Å². The van der Waals surface area contributed by atoms with E-state index in [-0.39, 0.29) is 17.8 Å². The van der Waals surface area contributed by atoms with E-state index in [1.165, 1.54) is 6.92 Å². The van der Waals surface area contributed by atoms with Gasteiger partial charge in [-0.15, -0.1) is 0 Å². The zero-order valence-electron chi connectivity index (χ0n) is 19.4. The molecule has 3 heterocycles. The summed E-state index contributed by atoms with van der Waals surface area (Å²) in [5, 5.41) is 2.76. The van der Waals surface area contributed by atoms with Crippen LogP contribution >= 0.6 is 0 Å². The number of hydrogen-bond acceptors (Lipinski definition) is 5. The van der Waals surface area contributed by atoms with Crippen LogP contribution in [0.2, 0.25) is 0 Å². The number of rotatable bonds is 4. The molecule has 1 N–H and O–H groups in total. The Labute approximate surface area is 203 Å². The first kappa shape index (κ1) is 21.5. The highest BCUT2D eigenvalue weighted by molar-refractivity contribution is 5.96. The average molecular weight is 468 g/mol. The summed E-state index contributed by atoms with van der Waals surface area (Å²) in [6, 6.07) is 18.9. The fourth-order valence-electron chi connectivity index (χ4n) is 5.43. The molecule has 1 aromatic heterocycles. The maximum absolute atomic E-state index is 13.7. The molecule has 176 valence electrons. The summed E-state index contributed by atoms with van der Waals surface area (Å²) in [4.78, 5) is 43.8. The number of aromatic nitrogens is 1. The van der Waals surface area contributed by atoms with Crippen molar-refractivity contribution in [3.8, 4) is 11.3 Å². The number of pyridine rings is 1. The van der Waals surface area contributed by atoms with Gasteiger partial charge in [-0.3, -0.25) is 14.6 Å². The normalized spacial score (nSPS) is 21.5. The molecule has 0 bridgehead atoms. The van der Waals surface area contributed by atoms with Crippen molar-refractivity contribution in [3.63, 3.8) is 0 Å². The van der Waals surface area contributed by atoms with Crippen molar-refractivity contribution >= 4 is 23.5 Å². The van der Waals surface area contributed by atoms with Gasteiger partial charge in [0.2, 0.25) is 11.8 Å². The third-order valence-corrected chi connectivity index (χ3v) is 7.42. The maximum atomic E-state index is 13.7. The fourth-order valence-corrected chi connectivity index (χ4v) is 5.43. The largest absolute Gasteiger partial charge is 0.449 e. The number of nitrogens with zero attached hydrogens (tertiary/aromatic N) is 2. The number of esters is 1. The molecule has 1 aliphatic carbocycles. The molecule has 7 nitrogen and oxygen atoms in total. The summed E-state index contributed by atoms with van der Waals surface area (Å²) in [6.07, 6.45) is 4.00. The van der Waals surface area contributed by atoms with Gasteiger partial charge in [-0.2, -0.15) is 0 Å². The lowest BCUT2D eigenvalue weighted by molar-refractivity contribution is -0.134. The van der Waals surface area contributed by atoms with Crippen LogP contribution in [0.1, 0.15) is 47.7 Å². The van der Waals surface area contributed by atoms with Gasteiger partial charge in [-0.25, -0.2) is 4.79 Å². The summed E-state index contributed by atoms with van der Waals surface area (Å²) in [5.41, 5.74) is 3.61. The molecule has 1 unspecified atom stereocenters. The molecule has 2 aromatic carbocycles. The quantitative estimate of drug-likeness (QED) is 0.585. The molecule has 2 fully saturated rings. The minimum absolute atomic E-state index is 0.0871. The molecule has 2 amide bonds. The Kier molecular flexibility index (Phi) is 4.78. The Morgan fingerprint density at radius 3 is 2.46 bits per heavy atom. The van der Waals surface area contributed by atoms with Crippen molar-refractivity contribution in [1.82, 2.24) is 9.88 Å². The lowest BCUT2D eigenvalue weighted by atomic mass is 9.91. The Morgan fingerprint density at radius 2 is 1.77 bits per heavy atom. The molecule has 1 spiro atoms. The molecule has 6 rings (SSSR count). The molecule has 0 radical (unpaired) electrons. The molecule has 1 atom stereocenters. The lowest BCUT2D eigenvalue weighted by Crippen LogP contribution is -2.40. The van der Waals surface area contributed by atoms with Crippen LogP contribution < -0.4 is 5.32 Å². The van der Waals surface area contributed by atoms with Gasteiger partial charge in [0.05, 0.1) is 23.2 Å². The van der Waals surface area contributed by atoms with Gasteiger partial charge in [0.1, 0.15) is 0 Å². The van der Waals surface area contributed by atoms with Crippen LogP contribution in [0.4, 0.5) is 5.69 Å². The first-order valence-corrected chi connectivity index (χ1v) is 11.9. The Hall–Kier alpha value is -4.00. The fraction of sp³-hybridized carbons (Fsp3) is 0.286. The van der Waals surface area contributed by atoms with E-state index < -0.39 is 11.0 Å². The zero-order valence-corrected chi connectivity index (χ0v) is 19.4. The molecule has 1 saturated heterocycles. The van der Waals surface area contributed by atoms with Crippen LogP contribution in [0.15, 0.2) is 66.9 Å². The Balaban J connectivity index is 1.19. The number of benzene rings is 2. The smallest absolute Gasteiger partial charge is 0.339 e. The lowest BCUT2D eigenvalue weighted by Gasteiger charge is -2.26. The highest BCUT2D eigenvalue weighted by atomic mass is 16.6. The molecule has 2 aliphatic heterocycles. The van der Waals surface area contributed by atoms with Crippen LogP contribution in [-0.4, -0.2) is 40.8 Å². The first-order valence-electron chi connectivity index (χ1n) is 11.9. The van der Waals surface area contributed by atoms with Crippen LogP contribution in [0.25, 0.3) is 11.3 Å². The predicted molar refractivity (Wildman–Crippen MR) is 130 cm³/mol. The van der Waals surface area contributed by atoms with E-state index in [0.29, 0.717) is 25.1 Å². The Bertz CT molecular complexity index is 1350. The second-order valence-electron chi connectivity index (χ2n) is 9.68. The van der Waals surface area contributed by atoms with E-state index in [1.807, 2.05) is 59.5 Å². The van der Waals surface area contributed by atoms with E-state index in [9.17, 15) is 14.4 Å². The van der Waals surface area contributed by atoms with Crippen LogP contribution in [0.5, 0.6) is 0 Å². The van der Waals surface area contributed by atoms with Gasteiger partial charge in [0.25, 0.3) is 0 Å². The highest BCUT2D eigenvalue weighted by Gasteiger charge is 2.57. The number of fused-ring (bicyclic) bond motifs is 2. The van der Waals surface area contributed by atoms with Crippen molar-refractivity contribution in [2.24, 2.45) is 0 Å². The van der Waals surface area contributed by atoms with Crippen LogP contribution in [-0.2, 0) is 25.3 Å². The minimum Gasteiger partial charge on any atom is -0.449 e. The molecular weight excluding hydrogens is 442 g/mol. The zero-order chi connectivity index (χ0) is 24.2. The van der Waals surface area contributed by atoms with Crippen LogP contribution in [0, 0.1) is 0 Å². The average Bonchev–Trinajstić information content (AvgIpc) is 3.50. The summed E-state index contributed by atoms with van der Waals surface area (Å²) < 4.78 is 5.83. The summed E-state index contributed by atoms with van der Waals surface area (Å²) in [7, 11) is 0. The number of amides is 2. The van der Waals surface area contributed by atoms with Crippen molar-refractivity contribution in [2.45, 2.75) is 37.2 Å². The number of nitrogens with one attached hydrogen (secondary N) is 1. The highest BCUT2D eigenvalue weighted by Crippen LogP contribution is 2.52. The molecule has 35 heavy (non-hydrogen) atoms. The first-order chi connectivity index (χ1) is 16.9. The molecular formula is C28H25N3O4. The third-order valence-electron chi connectivity index (χ3n) is 7.42. The van der Waals surface area contributed by atoms with Gasteiger partial charge in [0.15, 0.2) is 5.60 Å². The van der Waals surface area contributed by atoms with E-state index in [2.05, 4.69) is 10.3 Å². The minimum atomic E-state index is -0.731. The van der Waals surface area contributed by atoms with Crippen molar-refractivity contribution < 1.29 is 19.1 Å². The second kappa shape index (κ2) is 7.77. The maximum Gasteiger partial charge on any atom is 0.339 e. The van der Waals surface area contributed by atoms with Crippen LogP contribution in [0.3, 0.4) is 0 Å². The summed E-state index contributed by atoms with van der Waals surface area (Å²) in [6.45, 7) is 2.43. The van der Waals surface area contributed by atoms with Gasteiger partial charge in [-0.1, -0.05) is 36.4 Å². The number of anilines is 1. The summed E-state index contributed by atoms with van der Waals surface area (Å²) >= 11 is 0. The summed E-state index contributed by atoms with van der Waals surface area (Å²) in [5.74, 6) is -0.330. The topological polar surface area (TPSA) is 88.6 Å². The number of carbonyl (C=O) groups is 3. The predicted octanol–water partition coefficient (Wildman–Crippen LogP) is 4.04. The monoisotopic (exact) mass is 467 g/mol. The second-order valence-corrected chi connectivity index (χ2v) is 9.68. The number of carbonyl (C=O) groups excluding carboxylic acids is 3. The van der Waals surface area contributed by atoms with E-state index in [4.69, 9.17) is 4.74 Å².